The Labute approximate surface area is 94.7 Å². The first-order chi connectivity index (χ1) is 3.91. The smallest absolute Gasteiger partial charge is 0.433 e. The molecule has 0 spiro atoms. The van der Waals surface area contributed by atoms with Crippen LogP contribution in [0.15, 0.2) is 0 Å². The zero-order chi connectivity index (χ0) is 7.91. The van der Waals surface area contributed by atoms with E-state index in [0.29, 0.717) is 0 Å². The first-order valence-electron chi connectivity index (χ1n) is 3.43. The molecule has 66 valence electrons. The monoisotopic (exact) mass is 207 g/mol. The Bertz CT molecular complexity index is 48.9. The molecule has 4 heteroatoms. The summed E-state index contributed by atoms with van der Waals surface area (Å²) in [6, 6.07) is 0. The van der Waals surface area contributed by atoms with Crippen molar-refractivity contribution in [1.29, 1.82) is 0 Å². The molecular weight excluding hydrogens is 188 g/mol. The van der Waals surface area contributed by atoms with E-state index in [-0.39, 0.29) is 35.5 Å². The molecule has 0 radical (unpaired) electrons. The molecule has 11 heavy (non-hydrogen) atoms. The Morgan fingerprint density at radius 1 is 1.27 bits per heavy atom. The standard InChI is InChI=1S/C4H9.C3H10OSi.ClH.Mg/c1-3-4-2;1-5(2,3)4;;/h1,3-4H2,2H3;4H,1-3H3;1H;/q-1;;;+2. The van der Waals surface area contributed by atoms with Crippen LogP contribution in [0.25, 0.3) is 0 Å². The van der Waals surface area contributed by atoms with Gasteiger partial charge in [0.25, 0.3) is 0 Å². The summed E-state index contributed by atoms with van der Waals surface area (Å²) in [7, 11) is -1.61. The van der Waals surface area contributed by atoms with Crippen molar-refractivity contribution >= 4 is 43.8 Å². The van der Waals surface area contributed by atoms with Gasteiger partial charge in [-0.25, -0.2) is 0 Å². The second kappa shape index (κ2) is 13.8. The molecule has 0 bridgehead atoms. The van der Waals surface area contributed by atoms with Crippen molar-refractivity contribution in [3.05, 3.63) is 6.92 Å². The molecule has 1 nitrogen and oxygen atoms in total. The van der Waals surface area contributed by atoms with Gasteiger partial charge in [-0.2, -0.15) is 6.42 Å². The van der Waals surface area contributed by atoms with Gasteiger partial charge in [0.05, 0.1) is 0 Å². The summed E-state index contributed by atoms with van der Waals surface area (Å²) in [5.41, 5.74) is 0. The molecule has 0 aliphatic rings. The summed E-state index contributed by atoms with van der Waals surface area (Å²) in [6.45, 7) is 11.4. The van der Waals surface area contributed by atoms with Crippen molar-refractivity contribution in [3.63, 3.8) is 0 Å². The summed E-state index contributed by atoms with van der Waals surface area (Å²) in [5.74, 6) is 0. The van der Waals surface area contributed by atoms with E-state index in [2.05, 4.69) is 13.8 Å². The molecule has 0 aromatic rings. The topological polar surface area (TPSA) is 20.2 Å². The summed E-state index contributed by atoms with van der Waals surface area (Å²) in [5, 5.41) is 0. The summed E-state index contributed by atoms with van der Waals surface area (Å²) in [6.07, 6.45) is 2.28. The van der Waals surface area contributed by atoms with Gasteiger partial charge in [-0.3, -0.25) is 0 Å². The third kappa shape index (κ3) is 192. The van der Waals surface area contributed by atoms with E-state index in [0.717, 1.165) is 6.42 Å². The third-order valence-electron chi connectivity index (χ3n) is 0.354. The summed E-state index contributed by atoms with van der Waals surface area (Å²) >= 11 is 0. The van der Waals surface area contributed by atoms with E-state index >= 15 is 0 Å². The van der Waals surface area contributed by atoms with Gasteiger partial charge in [-0.15, -0.1) is 12.4 Å². The van der Waals surface area contributed by atoms with Crippen LogP contribution in [0.3, 0.4) is 0 Å². The maximum atomic E-state index is 8.66. The van der Waals surface area contributed by atoms with Crippen LogP contribution in [0.5, 0.6) is 0 Å². The van der Waals surface area contributed by atoms with Gasteiger partial charge in [0.15, 0.2) is 8.32 Å². The van der Waals surface area contributed by atoms with Crippen molar-refractivity contribution in [2.24, 2.45) is 0 Å². The van der Waals surface area contributed by atoms with Crippen LogP contribution in [0.1, 0.15) is 19.8 Å². The molecule has 0 amide bonds. The second-order valence-corrected chi connectivity index (χ2v) is 7.37. The Kier molecular flexibility index (Phi) is 28.6. The van der Waals surface area contributed by atoms with Crippen LogP contribution in [0, 0.1) is 6.92 Å². The quantitative estimate of drug-likeness (QED) is 0.518. The normalized spacial score (nSPS) is 8.18. The molecule has 0 aliphatic carbocycles. The van der Waals surface area contributed by atoms with Crippen molar-refractivity contribution in [2.45, 2.75) is 39.4 Å². The van der Waals surface area contributed by atoms with Gasteiger partial charge in [0.2, 0.25) is 0 Å². The van der Waals surface area contributed by atoms with E-state index in [9.17, 15) is 0 Å². The number of rotatable bonds is 1. The first-order valence-corrected chi connectivity index (χ1v) is 6.88. The molecular formula is C7H20ClMgOSi+. The van der Waals surface area contributed by atoms with E-state index in [1.165, 1.54) is 6.42 Å². The van der Waals surface area contributed by atoms with E-state index in [1.54, 1.807) is 0 Å². The molecule has 0 rings (SSSR count). The van der Waals surface area contributed by atoms with Crippen LogP contribution in [0.2, 0.25) is 19.6 Å². The number of hydrogen-bond acceptors (Lipinski definition) is 1. The molecule has 0 fully saturated rings. The minimum atomic E-state index is -1.61. The molecule has 0 saturated heterocycles. The SMILES string of the molecule is C[Si](C)(C)O.Cl.[CH2-]CCC.[Mg+2]. The van der Waals surface area contributed by atoms with E-state index in [1.807, 2.05) is 19.6 Å². The molecule has 0 atom stereocenters. The van der Waals surface area contributed by atoms with Crippen LogP contribution >= 0.6 is 12.4 Å². The molecule has 0 aromatic carbocycles. The Balaban J connectivity index is -0.0000000383. The minimum absolute atomic E-state index is 0. The summed E-state index contributed by atoms with van der Waals surface area (Å²) < 4.78 is 0. The predicted octanol–water partition coefficient (Wildman–Crippen LogP) is 2.48. The van der Waals surface area contributed by atoms with Gasteiger partial charge in [-0.1, -0.05) is 13.3 Å². The van der Waals surface area contributed by atoms with Crippen molar-refractivity contribution < 1.29 is 4.80 Å². The number of unbranched alkanes of at least 4 members (excludes halogenated alkanes) is 1. The predicted molar refractivity (Wildman–Crippen MR) is 58.8 cm³/mol. The Morgan fingerprint density at radius 2 is 1.36 bits per heavy atom. The van der Waals surface area contributed by atoms with Crippen molar-refractivity contribution in [3.8, 4) is 0 Å². The van der Waals surface area contributed by atoms with Crippen molar-refractivity contribution in [1.82, 2.24) is 0 Å². The number of hydrogen-bond donors (Lipinski definition) is 1. The van der Waals surface area contributed by atoms with Gasteiger partial charge in [0, 0.05) is 0 Å². The molecule has 0 heterocycles. The fourth-order valence-corrected chi connectivity index (χ4v) is 0. The number of halogens is 1. The van der Waals surface area contributed by atoms with Crippen molar-refractivity contribution in [2.75, 3.05) is 0 Å². The molecule has 0 aromatic heterocycles. The van der Waals surface area contributed by atoms with Crippen LogP contribution in [-0.4, -0.2) is 36.2 Å². The van der Waals surface area contributed by atoms with Gasteiger partial charge in [-0.05, 0) is 19.6 Å². The molecule has 1 N–H and O–H groups in total. The van der Waals surface area contributed by atoms with Crippen LogP contribution in [0.4, 0.5) is 0 Å². The fourth-order valence-electron chi connectivity index (χ4n) is 0. The second-order valence-electron chi connectivity index (χ2n) is 3.02. The third-order valence-corrected chi connectivity index (χ3v) is 0.354. The van der Waals surface area contributed by atoms with Gasteiger partial charge in [0.1, 0.15) is 0 Å². The molecule has 0 unspecified atom stereocenters. The van der Waals surface area contributed by atoms with Crippen LogP contribution < -0.4 is 0 Å². The fraction of sp³-hybridized carbons (Fsp3) is 0.857. The van der Waals surface area contributed by atoms with Gasteiger partial charge < -0.3 is 11.7 Å². The summed E-state index contributed by atoms with van der Waals surface area (Å²) in [4.78, 5) is 8.66. The largest absolute Gasteiger partial charge is 2.00 e. The maximum Gasteiger partial charge on any atom is 2.00 e. The average molecular weight is 208 g/mol. The zero-order valence-electron chi connectivity index (χ0n) is 8.18. The van der Waals surface area contributed by atoms with E-state index in [4.69, 9.17) is 4.80 Å². The molecule has 0 aliphatic heterocycles. The first kappa shape index (κ1) is 22.8. The minimum Gasteiger partial charge on any atom is -0.433 e. The van der Waals surface area contributed by atoms with Crippen LogP contribution in [-0.2, 0) is 0 Å². The van der Waals surface area contributed by atoms with E-state index < -0.39 is 8.32 Å². The Hall–Kier alpha value is 1.23. The molecule has 0 saturated carbocycles. The van der Waals surface area contributed by atoms with Gasteiger partial charge >= 0.3 is 23.1 Å². The average Bonchev–Trinajstić information content (AvgIpc) is 1.61. The maximum absolute atomic E-state index is 8.66. The zero-order valence-corrected chi connectivity index (χ0v) is 11.4. The Morgan fingerprint density at radius 3 is 1.36 bits per heavy atom.